The summed E-state index contributed by atoms with van der Waals surface area (Å²) < 4.78 is 5.22. The van der Waals surface area contributed by atoms with E-state index in [0.29, 0.717) is 11.3 Å². The van der Waals surface area contributed by atoms with Crippen LogP contribution in [0.2, 0.25) is 0 Å². The van der Waals surface area contributed by atoms with Crippen LogP contribution in [0.1, 0.15) is 19.4 Å². The number of nitrogens with zero attached hydrogens (tertiary/aromatic N) is 1. The Labute approximate surface area is 117 Å². The molecule has 0 aliphatic heterocycles. The Balaban J connectivity index is 2.40. The van der Waals surface area contributed by atoms with Crippen LogP contribution in [0.25, 0.3) is 0 Å². The predicted molar refractivity (Wildman–Crippen MR) is 71.1 cm³/mol. The maximum Gasteiger partial charge on any atom is 0.310 e. The van der Waals surface area contributed by atoms with Crippen LogP contribution < -0.4 is 10.1 Å². The van der Waals surface area contributed by atoms with Gasteiger partial charge in [0.05, 0.1) is 17.0 Å². The summed E-state index contributed by atoms with van der Waals surface area (Å²) >= 11 is 0. The molecule has 0 saturated carbocycles. The van der Waals surface area contributed by atoms with Gasteiger partial charge in [-0.3, -0.25) is 9.59 Å². The minimum absolute atomic E-state index is 0.0257. The van der Waals surface area contributed by atoms with E-state index in [0.717, 1.165) is 0 Å². The highest BCUT2D eigenvalue weighted by Gasteiger charge is 2.27. The van der Waals surface area contributed by atoms with E-state index in [2.05, 4.69) is 5.32 Å². The number of amides is 1. The molecular formula is C14H16N2O4. The number of benzene rings is 1. The summed E-state index contributed by atoms with van der Waals surface area (Å²) in [5.74, 6) is -0.911. The van der Waals surface area contributed by atoms with E-state index in [-0.39, 0.29) is 13.2 Å². The molecule has 1 amide bonds. The van der Waals surface area contributed by atoms with E-state index in [1.165, 1.54) is 13.8 Å². The Morgan fingerprint density at radius 2 is 1.95 bits per heavy atom. The van der Waals surface area contributed by atoms with E-state index >= 15 is 0 Å². The molecule has 0 unspecified atom stereocenters. The molecule has 0 saturated heterocycles. The third-order valence-corrected chi connectivity index (χ3v) is 2.66. The molecule has 0 bridgehead atoms. The summed E-state index contributed by atoms with van der Waals surface area (Å²) in [6.45, 7) is 2.87. The number of hydrogen-bond acceptors (Lipinski definition) is 4. The molecule has 0 atom stereocenters. The Morgan fingerprint density at radius 3 is 2.45 bits per heavy atom. The number of nitriles is 1. The first-order valence-electron chi connectivity index (χ1n) is 5.98. The molecule has 6 heteroatoms. The molecule has 1 aromatic rings. The monoisotopic (exact) mass is 276 g/mol. The first kappa shape index (κ1) is 15.5. The van der Waals surface area contributed by atoms with E-state index in [1.54, 1.807) is 24.3 Å². The second-order valence-corrected chi connectivity index (χ2v) is 4.89. The zero-order valence-electron chi connectivity index (χ0n) is 11.3. The number of carbonyl (C=O) groups is 2. The van der Waals surface area contributed by atoms with Gasteiger partial charge in [-0.2, -0.15) is 5.26 Å². The minimum atomic E-state index is -1.02. The fraction of sp³-hybridized carbons (Fsp3) is 0.357. The molecule has 20 heavy (non-hydrogen) atoms. The van der Waals surface area contributed by atoms with Gasteiger partial charge in [0.1, 0.15) is 5.75 Å². The van der Waals surface area contributed by atoms with Gasteiger partial charge in [0.2, 0.25) is 0 Å². The van der Waals surface area contributed by atoms with Crippen molar-refractivity contribution in [3.05, 3.63) is 29.8 Å². The van der Waals surface area contributed by atoms with Crippen molar-refractivity contribution in [1.29, 1.82) is 5.26 Å². The zero-order valence-corrected chi connectivity index (χ0v) is 11.3. The highest BCUT2D eigenvalue weighted by Crippen LogP contribution is 2.13. The van der Waals surface area contributed by atoms with Crippen LogP contribution in [0.15, 0.2) is 24.3 Å². The maximum atomic E-state index is 11.5. The van der Waals surface area contributed by atoms with Crippen molar-refractivity contribution in [3.8, 4) is 11.8 Å². The van der Waals surface area contributed by atoms with Crippen molar-refractivity contribution in [1.82, 2.24) is 5.32 Å². The first-order chi connectivity index (χ1) is 9.35. The van der Waals surface area contributed by atoms with Crippen LogP contribution in [-0.4, -0.2) is 30.1 Å². The van der Waals surface area contributed by atoms with Gasteiger partial charge in [0.15, 0.2) is 6.61 Å². The minimum Gasteiger partial charge on any atom is -0.484 e. The third kappa shape index (κ3) is 4.61. The van der Waals surface area contributed by atoms with Crippen LogP contribution in [0, 0.1) is 16.7 Å². The van der Waals surface area contributed by atoms with E-state index in [4.69, 9.17) is 15.1 Å². The summed E-state index contributed by atoms with van der Waals surface area (Å²) in [5, 5.41) is 20.0. The second-order valence-electron chi connectivity index (χ2n) is 4.89. The molecule has 106 valence electrons. The predicted octanol–water partition coefficient (Wildman–Crippen LogP) is 1.16. The van der Waals surface area contributed by atoms with Crippen LogP contribution in [0.4, 0.5) is 0 Å². The van der Waals surface area contributed by atoms with Gasteiger partial charge >= 0.3 is 5.97 Å². The first-order valence-corrected chi connectivity index (χ1v) is 5.98. The lowest BCUT2D eigenvalue weighted by Gasteiger charge is -2.19. The number of rotatable bonds is 6. The molecule has 0 fully saturated rings. The van der Waals surface area contributed by atoms with Gasteiger partial charge in [0, 0.05) is 6.54 Å². The van der Waals surface area contributed by atoms with Crippen molar-refractivity contribution >= 4 is 11.9 Å². The van der Waals surface area contributed by atoms with E-state index < -0.39 is 17.3 Å². The lowest BCUT2D eigenvalue weighted by molar-refractivity contribution is -0.146. The summed E-state index contributed by atoms with van der Waals surface area (Å²) in [6.07, 6.45) is 0. The van der Waals surface area contributed by atoms with Crippen molar-refractivity contribution < 1.29 is 19.4 Å². The second kappa shape index (κ2) is 6.57. The number of hydrogen-bond donors (Lipinski definition) is 2. The standard InChI is InChI=1S/C14H16N2O4/c1-14(2,13(18)19)9-16-12(17)8-20-11-5-3-10(7-15)4-6-11/h3-6H,8-9H2,1-2H3,(H,16,17)(H,18,19). The molecule has 0 heterocycles. The van der Waals surface area contributed by atoms with Crippen LogP contribution >= 0.6 is 0 Å². The lowest BCUT2D eigenvalue weighted by atomic mass is 9.94. The largest absolute Gasteiger partial charge is 0.484 e. The average molecular weight is 276 g/mol. The fourth-order valence-corrected chi connectivity index (χ4v) is 1.22. The third-order valence-electron chi connectivity index (χ3n) is 2.66. The summed E-state index contributed by atoms with van der Waals surface area (Å²) in [7, 11) is 0. The van der Waals surface area contributed by atoms with Gasteiger partial charge in [-0.25, -0.2) is 0 Å². The summed E-state index contributed by atoms with van der Waals surface area (Å²) in [5.41, 5.74) is -0.519. The smallest absolute Gasteiger partial charge is 0.310 e. The summed E-state index contributed by atoms with van der Waals surface area (Å²) in [6, 6.07) is 8.32. The normalized spacial score (nSPS) is 10.4. The molecular weight excluding hydrogens is 260 g/mol. The van der Waals surface area contributed by atoms with Crippen molar-refractivity contribution in [2.45, 2.75) is 13.8 Å². The molecule has 1 aromatic carbocycles. The molecule has 0 radical (unpaired) electrons. The Hall–Kier alpha value is -2.55. The molecule has 2 N–H and O–H groups in total. The van der Waals surface area contributed by atoms with Crippen molar-refractivity contribution in [2.24, 2.45) is 5.41 Å². The SMILES string of the molecule is CC(C)(CNC(=O)COc1ccc(C#N)cc1)C(=O)O. The van der Waals surface area contributed by atoms with Crippen LogP contribution in [0.3, 0.4) is 0 Å². The Kier molecular flexibility index (Phi) is 5.09. The number of nitrogens with one attached hydrogen (secondary N) is 1. The Bertz CT molecular complexity index is 529. The van der Waals surface area contributed by atoms with Crippen molar-refractivity contribution in [2.75, 3.05) is 13.2 Å². The van der Waals surface area contributed by atoms with Gasteiger partial charge in [0.25, 0.3) is 5.91 Å². The number of ether oxygens (including phenoxy) is 1. The van der Waals surface area contributed by atoms with E-state index in [9.17, 15) is 9.59 Å². The molecule has 6 nitrogen and oxygen atoms in total. The molecule has 0 spiro atoms. The van der Waals surface area contributed by atoms with Gasteiger partial charge in [-0.1, -0.05) is 0 Å². The molecule has 0 aliphatic rings. The number of carboxylic acid groups (broad SMARTS) is 1. The van der Waals surface area contributed by atoms with Gasteiger partial charge in [-0.15, -0.1) is 0 Å². The number of carbonyl (C=O) groups excluding carboxylic acids is 1. The van der Waals surface area contributed by atoms with Crippen LogP contribution in [0.5, 0.6) is 5.75 Å². The van der Waals surface area contributed by atoms with Gasteiger partial charge < -0.3 is 15.2 Å². The molecule has 1 rings (SSSR count). The number of aliphatic carboxylic acids is 1. The van der Waals surface area contributed by atoms with E-state index in [1.807, 2.05) is 6.07 Å². The van der Waals surface area contributed by atoms with Crippen molar-refractivity contribution in [3.63, 3.8) is 0 Å². The average Bonchev–Trinajstić information content (AvgIpc) is 2.43. The molecule has 0 aromatic heterocycles. The Morgan fingerprint density at radius 1 is 1.35 bits per heavy atom. The topological polar surface area (TPSA) is 99.4 Å². The zero-order chi connectivity index (χ0) is 15.2. The highest BCUT2D eigenvalue weighted by atomic mass is 16.5. The number of carboxylic acids is 1. The molecule has 0 aliphatic carbocycles. The highest BCUT2D eigenvalue weighted by molar-refractivity contribution is 5.79. The quantitative estimate of drug-likeness (QED) is 0.812. The summed E-state index contributed by atoms with van der Waals surface area (Å²) in [4.78, 5) is 22.4. The lowest BCUT2D eigenvalue weighted by Crippen LogP contribution is -2.40. The van der Waals surface area contributed by atoms with Gasteiger partial charge in [-0.05, 0) is 38.1 Å². The maximum absolute atomic E-state index is 11.5. The van der Waals surface area contributed by atoms with Crippen LogP contribution in [-0.2, 0) is 9.59 Å². The fourth-order valence-electron chi connectivity index (χ4n) is 1.22.